The van der Waals surface area contributed by atoms with Crippen molar-refractivity contribution in [3.05, 3.63) is 86.4 Å². The standard InChI is InChI=1S/C27H30N4O5/c1-15(2)25-23(17(4)28-36-25)27(34)35-14-22(32)21-13-16(3)30(18(21)5)24-19(6)29(7)31(26(24)33)20-11-9-8-10-12-20/h8-13,15H,14H2,1-7H3. The monoisotopic (exact) mass is 490 g/mol. The molecule has 0 bridgehead atoms. The fraction of sp³-hybridized carbons (Fsp3) is 0.333. The molecule has 36 heavy (non-hydrogen) atoms. The lowest BCUT2D eigenvalue weighted by atomic mass is 10.1. The number of carbonyl (C=O) groups excluding carboxylic acids is 2. The molecule has 0 unspecified atom stereocenters. The Hall–Kier alpha value is -4.14. The smallest absolute Gasteiger partial charge is 0.344 e. The minimum atomic E-state index is -0.649. The summed E-state index contributed by atoms with van der Waals surface area (Å²) in [5, 5.41) is 3.86. The molecule has 0 aliphatic carbocycles. The van der Waals surface area contributed by atoms with E-state index in [9.17, 15) is 14.4 Å². The Bertz CT molecular complexity index is 1520. The van der Waals surface area contributed by atoms with Crippen LogP contribution in [0.5, 0.6) is 0 Å². The molecular formula is C27H30N4O5. The van der Waals surface area contributed by atoms with E-state index < -0.39 is 12.6 Å². The van der Waals surface area contributed by atoms with Crippen LogP contribution in [0, 0.1) is 27.7 Å². The molecule has 9 heteroatoms. The van der Waals surface area contributed by atoms with Gasteiger partial charge in [-0.1, -0.05) is 37.2 Å². The molecule has 0 amide bonds. The van der Waals surface area contributed by atoms with Crippen molar-refractivity contribution >= 4 is 11.8 Å². The Morgan fingerprint density at radius 1 is 1.06 bits per heavy atom. The Kier molecular flexibility index (Phi) is 6.58. The van der Waals surface area contributed by atoms with Crippen LogP contribution >= 0.6 is 0 Å². The molecular weight excluding hydrogens is 460 g/mol. The van der Waals surface area contributed by atoms with Crippen molar-refractivity contribution in [1.29, 1.82) is 0 Å². The molecule has 0 atom stereocenters. The fourth-order valence-corrected chi connectivity index (χ4v) is 4.51. The summed E-state index contributed by atoms with van der Waals surface area (Å²) in [6.07, 6.45) is 0. The van der Waals surface area contributed by atoms with Gasteiger partial charge in [-0.05, 0) is 45.9 Å². The third-order valence-electron chi connectivity index (χ3n) is 6.43. The summed E-state index contributed by atoms with van der Waals surface area (Å²) in [6, 6.07) is 11.1. The van der Waals surface area contributed by atoms with Crippen molar-refractivity contribution in [3.8, 4) is 11.4 Å². The van der Waals surface area contributed by atoms with Gasteiger partial charge in [0.05, 0.1) is 17.1 Å². The predicted octanol–water partition coefficient (Wildman–Crippen LogP) is 4.35. The molecule has 0 saturated heterocycles. The molecule has 3 heterocycles. The topological polar surface area (TPSA) is 101 Å². The van der Waals surface area contributed by atoms with Crippen LogP contribution in [0.25, 0.3) is 11.4 Å². The van der Waals surface area contributed by atoms with Crippen molar-refractivity contribution in [2.45, 2.75) is 47.5 Å². The highest BCUT2D eigenvalue weighted by Crippen LogP contribution is 2.25. The third-order valence-corrected chi connectivity index (χ3v) is 6.43. The predicted molar refractivity (Wildman–Crippen MR) is 134 cm³/mol. The number of nitrogens with zero attached hydrogens (tertiary/aromatic N) is 4. The molecule has 9 nitrogen and oxygen atoms in total. The van der Waals surface area contributed by atoms with Gasteiger partial charge in [0.25, 0.3) is 5.56 Å². The fourth-order valence-electron chi connectivity index (χ4n) is 4.51. The Morgan fingerprint density at radius 2 is 1.72 bits per heavy atom. The number of aryl methyl sites for hydroxylation is 2. The minimum absolute atomic E-state index is 0.0579. The highest BCUT2D eigenvalue weighted by Gasteiger charge is 2.27. The molecule has 188 valence electrons. The first-order chi connectivity index (χ1) is 17.0. The van der Waals surface area contributed by atoms with E-state index in [0.29, 0.717) is 28.4 Å². The quantitative estimate of drug-likeness (QED) is 0.282. The maximum absolute atomic E-state index is 13.5. The molecule has 0 fully saturated rings. The minimum Gasteiger partial charge on any atom is -0.454 e. The lowest BCUT2D eigenvalue weighted by Crippen LogP contribution is -2.22. The highest BCUT2D eigenvalue weighted by atomic mass is 16.5. The SMILES string of the molecule is Cc1noc(C(C)C)c1C(=O)OCC(=O)c1cc(C)n(-c2c(C)n(C)n(-c3ccccc3)c2=O)c1C. The van der Waals surface area contributed by atoms with Crippen LogP contribution in [0.1, 0.15) is 69.0 Å². The van der Waals surface area contributed by atoms with Crippen molar-refractivity contribution in [2.75, 3.05) is 6.61 Å². The van der Waals surface area contributed by atoms with Gasteiger partial charge in [-0.15, -0.1) is 0 Å². The number of para-hydroxylation sites is 1. The summed E-state index contributed by atoms with van der Waals surface area (Å²) in [7, 11) is 1.82. The Morgan fingerprint density at radius 3 is 2.36 bits per heavy atom. The van der Waals surface area contributed by atoms with Gasteiger partial charge in [0.15, 0.2) is 12.4 Å². The largest absolute Gasteiger partial charge is 0.454 e. The van der Waals surface area contributed by atoms with Crippen molar-refractivity contribution in [1.82, 2.24) is 19.1 Å². The van der Waals surface area contributed by atoms with Crippen molar-refractivity contribution in [3.63, 3.8) is 0 Å². The molecule has 0 aliphatic rings. The molecule has 1 aromatic carbocycles. The van der Waals surface area contributed by atoms with Gasteiger partial charge in [-0.25, -0.2) is 9.48 Å². The number of aromatic nitrogens is 4. The van der Waals surface area contributed by atoms with Crippen LogP contribution in [0.15, 0.2) is 45.7 Å². The van der Waals surface area contributed by atoms with Crippen LogP contribution in [-0.4, -0.2) is 37.4 Å². The van der Waals surface area contributed by atoms with Gasteiger partial charge in [-0.3, -0.25) is 14.3 Å². The number of rotatable bonds is 7. The molecule has 3 aromatic heterocycles. The van der Waals surface area contributed by atoms with E-state index in [4.69, 9.17) is 9.26 Å². The van der Waals surface area contributed by atoms with Gasteiger partial charge in [0.1, 0.15) is 11.3 Å². The Labute approximate surface area is 208 Å². The van der Waals surface area contributed by atoms with E-state index in [2.05, 4.69) is 5.16 Å². The number of carbonyl (C=O) groups is 2. The number of esters is 1. The zero-order chi connectivity index (χ0) is 26.3. The lowest BCUT2D eigenvalue weighted by molar-refractivity contribution is 0.0471. The van der Waals surface area contributed by atoms with Crippen molar-refractivity contribution < 1.29 is 18.8 Å². The van der Waals surface area contributed by atoms with Gasteiger partial charge in [-0.2, -0.15) is 0 Å². The molecule has 4 rings (SSSR count). The van der Waals surface area contributed by atoms with Gasteiger partial charge in [0.2, 0.25) is 5.78 Å². The molecule has 0 N–H and O–H groups in total. The van der Waals surface area contributed by atoms with Gasteiger partial charge in [0, 0.05) is 29.9 Å². The average Bonchev–Trinajstić information content (AvgIpc) is 3.44. The molecule has 4 aromatic rings. The second kappa shape index (κ2) is 9.49. The zero-order valence-corrected chi connectivity index (χ0v) is 21.6. The summed E-state index contributed by atoms with van der Waals surface area (Å²) in [5.41, 5.74) is 4.16. The first-order valence-electron chi connectivity index (χ1n) is 11.7. The molecule has 0 saturated carbocycles. The van der Waals surface area contributed by atoms with E-state index in [-0.39, 0.29) is 22.8 Å². The van der Waals surface area contributed by atoms with Crippen LogP contribution < -0.4 is 5.56 Å². The number of ether oxygens (including phenoxy) is 1. The second-order valence-corrected chi connectivity index (χ2v) is 9.19. The van der Waals surface area contributed by atoms with E-state index in [1.54, 1.807) is 33.8 Å². The molecule has 0 aliphatic heterocycles. The van der Waals surface area contributed by atoms with E-state index in [1.165, 1.54) is 0 Å². The summed E-state index contributed by atoms with van der Waals surface area (Å²) in [4.78, 5) is 39.3. The van der Waals surface area contributed by atoms with Crippen LogP contribution in [0.4, 0.5) is 0 Å². The summed E-state index contributed by atoms with van der Waals surface area (Å²) in [6.45, 7) is 10.5. The number of hydrogen-bond donors (Lipinski definition) is 0. The number of ketones is 1. The number of hydrogen-bond acceptors (Lipinski definition) is 6. The lowest BCUT2D eigenvalue weighted by Gasteiger charge is -2.09. The molecule has 0 radical (unpaired) electrons. The normalized spacial score (nSPS) is 11.3. The van der Waals surface area contributed by atoms with E-state index in [1.807, 2.05) is 65.1 Å². The first-order valence-corrected chi connectivity index (χ1v) is 11.7. The summed E-state index contributed by atoms with van der Waals surface area (Å²) >= 11 is 0. The van der Waals surface area contributed by atoms with Crippen molar-refractivity contribution in [2.24, 2.45) is 7.05 Å². The van der Waals surface area contributed by atoms with Gasteiger partial charge < -0.3 is 13.8 Å². The number of Topliss-reactive ketones (excluding diaryl/α,β-unsaturated/α-hetero) is 1. The summed E-state index contributed by atoms with van der Waals surface area (Å²) < 4.78 is 15.8. The molecule has 0 spiro atoms. The van der Waals surface area contributed by atoms with E-state index in [0.717, 1.165) is 17.1 Å². The maximum Gasteiger partial charge on any atom is 0.344 e. The third kappa shape index (κ3) is 4.10. The maximum atomic E-state index is 13.5. The zero-order valence-electron chi connectivity index (χ0n) is 21.6. The Balaban J connectivity index is 1.65. The van der Waals surface area contributed by atoms with Crippen LogP contribution in [-0.2, 0) is 11.8 Å². The van der Waals surface area contributed by atoms with Gasteiger partial charge >= 0.3 is 5.97 Å². The summed E-state index contributed by atoms with van der Waals surface area (Å²) in [5.74, 6) is -0.640. The second-order valence-electron chi connectivity index (χ2n) is 9.19. The first kappa shape index (κ1) is 25.0. The highest BCUT2D eigenvalue weighted by molar-refractivity contribution is 6.01. The van der Waals surface area contributed by atoms with E-state index >= 15 is 0 Å². The number of benzene rings is 1. The average molecular weight is 491 g/mol. The van der Waals surface area contributed by atoms with Crippen LogP contribution in [0.3, 0.4) is 0 Å². The van der Waals surface area contributed by atoms with Crippen LogP contribution in [0.2, 0.25) is 0 Å².